The molecule has 0 saturated heterocycles. The third kappa shape index (κ3) is 3.12. The maximum absolute atomic E-state index is 6.07. The van der Waals surface area contributed by atoms with E-state index in [1.54, 1.807) is 4.68 Å². The summed E-state index contributed by atoms with van der Waals surface area (Å²) in [6.07, 6.45) is 0. The van der Waals surface area contributed by atoms with Crippen LogP contribution in [0.3, 0.4) is 0 Å². The number of hydrogen-bond donors (Lipinski definition) is 1. The van der Waals surface area contributed by atoms with Gasteiger partial charge in [-0.3, -0.25) is 0 Å². The minimum Gasteiger partial charge on any atom is -0.384 e. The zero-order valence-electron chi connectivity index (χ0n) is 11.1. The van der Waals surface area contributed by atoms with E-state index in [2.05, 4.69) is 21.0 Å². The van der Waals surface area contributed by atoms with Crippen LogP contribution in [-0.4, -0.2) is 9.78 Å². The molecule has 0 fully saturated rings. The molecule has 2 N–H and O–H groups in total. The Balaban J connectivity index is 1.93. The molecule has 0 bridgehead atoms. The first kappa shape index (κ1) is 14.2. The summed E-state index contributed by atoms with van der Waals surface area (Å²) in [5.41, 5.74) is 8.98. The van der Waals surface area contributed by atoms with Crippen molar-refractivity contribution < 1.29 is 0 Å². The van der Waals surface area contributed by atoms with Gasteiger partial charge in [-0.25, -0.2) is 4.68 Å². The van der Waals surface area contributed by atoms with Crippen LogP contribution in [0, 0.1) is 0 Å². The number of anilines is 1. The van der Waals surface area contributed by atoms with Crippen LogP contribution in [0.5, 0.6) is 0 Å². The highest BCUT2D eigenvalue weighted by Gasteiger charge is 2.09. The highest BCUT2D eigenvalue weighted by atomic mass is 79.9. The largest absolute Gasteiger partial charge is 0.384 e. The molecule has 0 aliphatic heterocycles. The first-order chi connectivity index (χ1) is 10.1. The van der Waals surface area contributed by atoms with Crippen LogP contribution in [0.25, 0.3) is 11.3 Å². The highest BCUT2D eigenvalue weighted by molar-refractivity contribution is 9.10. The lowest BCUT2D eigenvalue weighted by Gasteiger charge is -2.06. The number of rotatable bonds is 3. The molecule has 0 aliphatic carbocycles. The Bertz CT molecular complexity index is 783. The Kier molecular flexibility index (Phi) is 3.99. The van der Waals surface area contributed by atoms with Gasteiger partial charge in [0.15, 0.2) is 0 Å². The van der Waals surface area contributed by atoms with E-state index in [1.165, 1.54) is 0 Å². The van der Waals surface area contributed by atoms with Crippen molar-refractivity contribution >= 4 is 33.3 Å². The Morgan fingerprint density at radius 2 is 1.90 bits per heavy atom. The predicted molar refractivity (Wildman–Crippen MR) is 90.3 cm³/mol. The number of nitrogens with zero attached hydrogens (tertiary/aromatic N) is 2. The summed E-state index contributed by atoms with van der Waals surface area (Å²) in [4.78, 5) is 0. The zero-order valence-corrected chi connectivity index (χ0v) is 13.5. The highest BCUT2D eigenvalue weighted by Crippen LogP contribution is 2.25. The van der Waals surface area contributed by atoms with Crippen molar-refractivity contribution in [2.24, 2.45) is 0 Å². The standard InChI is InChI=1S/C16H13BrClN3/c17-14-7-2-1-4-12(14)10-21-16(19)9-15(20-21)11-5-3-6-13(18)8-11/h1-9H,10,19H2. The van der Waals surface area contributed by atoms with Gasteiger partial charge in [-0.15, -0.1) is 0 Å². The lowest BCUT2D eigenvalue weighted by atomic mass is 10.1. The van der Waals surface area contributed by atoms with E-state index in [0.29, 0.717) is 17.4 Å². The Morgan fingerprint density at radius 1 is 1.10 bits per heavy atom. The number of hydrogen-bond acceptors (Lipinski definition) is 2. The fourth-order valence-electron chi connectivity index (χ4n) is 2.13. The van der Waals surface area contributed by atoms with E-state index in [1.807, 2.05) is 54.6 Å². The molecule has 1 heterocycles. The minimum atomic E-state index is 0.619. The van der Waals surface area contributed by atoms with Crippen LogP contribution in [-0.2, 0) is 6.54 Å². The summed E-state index contributed by atoms with van der Waals surface area (Å²) in [6.45, 7) is 0.619. The predicted octanol–water partition coefficient (Wildman–Crippen LogP) is 4.60. The van der Waals surface area contributed by atoms with Crippen molar-refractivity contribution in [2.45, 2.75) is 6.54 Å². The van der Waals surface area contributed by atoms with Gasteiger partial charge >= 0.3 is 0 Å². The number of benzene rings is 2. The fraction of sp³-hybridized carbons (Fsp3) is 0.0625. The molecule has 0 spiro atoms. The van der Waals surface area contributed by atoms with E-state index < -0.39 is 0 Å². The van der Waals surface area contributed by atoms with Crippen molar-refractivity contribution in [3.8, 4) is 11.3 Å². The molecule has 106 valence electrons. The molecule has 0 unspecified atom stereocenters. The smallest absolute Gasteiger partial charge is 0.122 e. The summed E-state index contributed by atoms with van der Waals surface area (Å²) in [6, 6.07) is 17.5. The van der Waals surface area contributed by atoms with Gasteiger partial charge in [-0.2, -0.15) is 5.10 Å². The van der Waals surface area contributed by atoms with Gasteiger partial charge in [0.25, 0.3) is 0 Å². The molecule has 3 aromatic rings. The zero-order chi connectivity index (χ0) is 14.8. The van der Waals surface area contributed by atoms with Gasteiger partial charge in [-0.1, -0.05) is 57.9 Å². The van der Waals surface area contributed by atoms with E-state index >= 15 is 0 Å². The third-order valence-electron chi connectivity index (χ3n) is 3.21. The van der Waals surface area contributed by atoms with Crippen LogP contribution < -0.4 is 5.73 Å². The second-order valence-electron chi connectivity index (χ2n) is 4.71. The molecule has 0 aliphatic rings. The monoisotopic (exact) mass is 361 g/mol. The second-order valence-corrected chi connectivity index (χ2v) is 6.00. The molecule has 0 amide bonds. The van der Waals surface area contributed by atoms with Gasteiger partial charge in [0, 0.05) is 21.1 Å². The number of nitrogen functional groups attached to an aromatic ring is 1. The van der Waals surface area contributed by atoms with Crippen molar-refractivity contribution in [2.75, 3.05) is 5.73 Å². The Hall–Kier alpha value is -1.78. The quantitative estimate of drug-likeness (QED) is 0.740. The molecule has 3 nitrogen and oxygen atoms in total. The lowest BCUT2D eigenvalue weighted by Crippen LogP contribution is -2.06. The van der Waals surface area contributed by atoms with Crippen LogP contribution in [0.2, 0.25) is 5.02 Å². The summed E-state index contributed by atoms with van der Waals surface area (Å²) in [7, 11) is 0. The molecule has 0 radical (unpaired) electrons. The number of aromatic nitrogens is 2. The van der Waals surface area contributed by atoms with Gasteiger partial charge in [-0.05, 0) is 23.8 Å². The molecule has 2 aromatic carbocycles. The molecule has 1 aromatic heterocycles. The van der Waals surface area contributed by atoms with E-state index in [9.17, 15) is 0 Å². The first-order valence-electron chi connectivity index (χ1n) is 6.46. The van der Waals surface area contributed by atoms with Gasteiger partial charge in [0.2, 0.25) is 0 Å². The lowest BCUT2D eigenvalue weighted by molar-refractivity contribution is 0.698. The molecular weight excluding hydrogens is 350 g/mol. The van der Waals surface area contributed by atoms with E-state index in [4.69, 9.17) is 17.3 Å². The average molecular weight is 363 g/mol. The second kappa shape index (κ2) is 5.92. The maximum Gasteiger partial charge on any atom is 0.122 e. The van der Waals surface area contributed by atoms with E-state index in [0.717, 1.165) is 21.3 Å². The molecule has 5 heteroatoms. The summed E-state index contributed by atoms with van der Waals surface area (Å²) >= 11 is 9.56. The SMILES string of the molecule is Nc1cc(-c2cccc(Cl)c2)nn1Cc1ccccc1Br. The van der Waals surface area contributed by atoms with Crippen LogP contribution in [0.1, 0.15) is 5.56 Å². The maximum atomic E-state index is 6.07. The van der Waals surface area contributed by atoms with Crippen molar-refractivity contribution in [3.05, 3.63) is 69.7 Å². The molecule has 21 heavy (non-hydrogen) atoms. The van der Waals surface area contributed by atoms with Crippen LogP contribution in [0.4, 0.5) is 5.82 Å². The normalized spacial score (nSPS) is 10.8. The van der Waals surface area contributed by atoms with Gasteiger partial charge < -0.3 is 5.73 Å². The summed E-state index contributed by atoms with van der Waals surface area (Å²) < 4.78 is 2.83. The van der Waals surface area contributed by atoms with Crippen LogP contribution in [0.15, 0.2) is 59.1 Å². The average Bonchev–Trinajstić information content (AvgIpc) is 2.83. The molecule has 0 atom stereocenters. The van der Waals surface area contributed by atoms with Crippen molar-refractivity contribution in [3.63, 3.8) is 0 Å². The molecule has 0 saturated carbocycles. The molecular formula is C16H13BrClN3. The topological polar surface area (TPSA) is 43.8 Å². The van der Waals surface area contributed by atoms with Crippen molar-refractivity contribution in [1.29, 1.82) is 0 Å². The molecule has 3 rings (SSSR count). The minimum absolute atomic E-state index is 0.619. The number of halogens is 2. The van der Waals surface area contributed by atoms with Crippen molar-refractivity contribution in [1.82, 2.24) is 9.78 Å². The van der Waals surface area contributed by atoms with Crippen LogP contribution >= 0.6 is 27.5 Å². The fourth-order valence-corrected chi connectivity index (χ4v) is 2.74. The number of nitrogens with two attached hydrogens (primary N) is 1. The Labute approximate surface area is 136 Å². The van der Waals surface area contributed by atoms with Gasteiger partial charge in [0.1, 0.15) is 5.82 Å². The summed E-state index contributed by atoms with van der Waals surface area (Å²) in [5.74, 6) is 0.626. The first-order valence-corrected chi connectivity index (χ1v) is 7.63. The Morgan fingerprint density at radius 3 is 2.67 bits per heavy atom. The van der Waals surface area contributed by atoms with Gasteiger partial charge in [0.05, 0.1) is 12.2 Å². The third-order valence-corrected chi connectivity index (χ3v) is 4.22. The van der Waals surface area contributed by atoms with E-state index in [-0.39, 0.29) is 0 Å². The summed E-state index contributed by atoms with van der Waals surface area (Å²) in [5, 5.41) is 5.26.